The molecule has 34 heavy (non-hydrogen) atoms. The normalized spacial score (nSPS) is 11.5. The SMILES string of the molecule is CCOc1c(/C(C)=C/C(=O)NCc2ccncc2)cc2c(-c3ccccc3OC)coc2c1C. The summed E-state index contributed by atoms with van der Waals surface area (Å²) < 4.78 is 17.6. The van der Waals surface area contributed by atoms with Gasteiger partial charge in [-0.15, -0.1) is 0 Å². The van der Waals surface area contributed by atoms with Crippen molar-refractivity contribution in [2.24, 2.45) is 0 Å². The van der Waals surface area contributed by atoms with E-state index in [4.69, 9.17) is 13.9 Å². The van der Waals surface area contributed by atoms with Gasteiger partial charge in [0.2, 0.25) is 5.91 Å². The van der Waals surface area contributed by atoms with Crippen LogP contribution in [-0.4, -0.2) is 24.6 Å². The molecule has 0 aliphatic rings. The molecule has 6 nitrogen and oxygen atoms in total. The highest BCUT2D eigenvalue weighted by Gasteiger charge is 2.20. The highest BCUT2D eigenvalue weighted by atomic mass is 16.5. The third-order valence-corrected chi connectivity index (χ3v) is 5.72. The second-order valence-corrected chi connectivity index (χ2v) is 7.94. The van der Waals surface area contributed by atoms with Crippen molar-refractivity contribution < 1.29 is 18.7 Å². The van der Waals surface area contributed by atoms with Crippen LogP contribution in [0.2, 0.25) is 0 Å². The molecular formula is C28H28N2O4. The highest BCUT2D eigenvalue weighted by molar-refractivity contribution is 6.02. The molecule has 0 unspecified atom stereocenters. The van der Waals surface area contributed by atoms with E-state index in [1.807, 2.05) is 63.2 Å². The molecule has 1 N–H and O–H groups in total. The van der Waals surface area contributed by atoms with Crippen LogP contribution in [0.15, 0.2) is 71.6 Å². The van der Waals surface area contributed by atoms with Crippen LogP contribution in [-0.2, 0) is 11.3 Å². The maximum Gasteiger partial charge on any atom is 0.244 e. The molecule has 0 saturated heterocycles. The number of hydrogen-bond acceptors (Lipinski definition) is 5. The summed E-state index contributed by atoms with van der Waals surface area (Å²) in [6.07, 6.45) is 6.76. The van der Waals surface area contributed by atoms with Crippen molar-refractivity contribution in [3.8, 4) is 22.6 Å². The number of aromatic nitrogens is 1. The van der Waals surface area contributed by atoms with E-state index >= 15 is 0 Å². The van der Waals surface area contributed by atoms with E-state index in [2.05, 4.69) is 10.3 Å². The smallest absolute Gasteiger partial charge is 0.244 e. The lowest BCUT2D eigenvalue weighted by Crippen LogP contribution is -2.20. The zero-order valence-electron chi connectivity index (χ0n) is 19.8. The summed E-state index contributed by atoms with van der Waals surface area (Å²) in [6, 6.07) is 13.6. The number of hydrogen-bond donors (Lipinski definition) is 1. The minimum Gasteiger partial charge on any atom is -0.496 e. The van der Waals surface area contributed by atoms with Crippen LogP contribution in [0.3, 0.4) is 0 Å². The van der Waals surface area contributed by atoms with Crippen LogP contribution in [0.4, 0.5) is 0 Å². The molecule has 4 aromatic rings. The van der Waals surface area contributed by atoms with E-state index < -0.39 is 0 Å². The van der Waals surface area contributed by atoms with Gasteiger partial charge in [-0.2, -0.15) is 0 Å². The molecule has 2 heterocycles. The average Bonchev–Trinajstić information content (AvgIpc) is 3.29. The number of methoxy groups -OCH3 is 1. The summed E-state index contributed by atoms with van der Waals surface area (Å²) in [4.78, 5) is 16.7. The number of fused-ring (bicyclic) bond motifs is 1. The first kappa shape index (κ1) is 23.1. The van der Waals surface area contributed by atoms with Crippen molar-refractivity contribution in [2.75, 3.05) is 13.7 Å². The van der Waals surface area contributed by atoms with E-state index in [-0.39, 0.29) is 5.91 Å². The number of allylic oxidation sites excluding steroid dienone is 1. The number of nitrogens with zero attached hydrogens (tertiary/aromatic N) is 1. The number of carbonyl (C=O) groups excluding carboxylic acids is 1. The van der Waals surface area contributed by atoms with Crippen molar-refractivity contribution in [2.45, 2.75) is 27.3 Å². The van der Waals surface area contributed by atoms with E-state index in [9.17, 15) is 4.79 Å². The zero-order valence-corrected chi connectivity index (χ0v) is 19.8. The minimum absolute atomic E-state index is 0.174. The molecule has 4 rings (SSSR count). The predicted octanol–water partition coefficient (Wildman–Crippen LogP) is 5.93. The van der Waals surface area contributed by atoms with Gasteiger partial charge in [-0.25, -0.2) is 0 Å². The molecule has 0 spiro atoms. The second kappa shape index (κ2) is 10.3. The Kier molecular flexibility index (Phi) is 6.97. The van der Waals surface area contributed by atoms with E-state index in [0.29, 0.717) is 18.9 Å². The number of para-hydroxylation sites is 1. The van der Waals surface area contributed by atoms with Gasteiger partial charge in [-0.1, -0.05) is 18.2 Å². The quantitative estimate of drug-likeness (QED) is 0.333. The summed E-state index contributed by atoms with van der Waals surface area (Å²) in [5.41, 5.74) is 6.14. The van der Waals surface area contributed by atoms with Crippen LogP contribution in [0.5, 0.6) is 11.5 Å². The van der Waals surface area contributed by atoms with Crippen molar-refractivity contribution in [3.05, 3.63) is 83.9 Å². The Bertz CT molecular complexity index is 1340. The lowest BCUT2D eigenvalue weighted by molar-refractivity contribution is -0.116. The van der Waals surface area contributed by atoms with Crippen LogP contribution in [0.25, 0.3) is 27.7 Å². The van der Waals surface area contributed by atoms with Gasteiger partial charge in [0.05, 0.1) is 20.0 Å². The molecule has 0 atom stereocenters. The Balaban J connectivity index is 1.75. The third kappa shape index (κ3) is 4.66. The van der Waals surface area contributed by atoms with Gasteiger partial charge in [0, 0.05) is 52.7 Å². The maximum atomic E-state index is 12.7. The van der Waals surface area contributed by atoms with Gasteiger partial charge in [0.15, 0.2) is 0 Å². The molecule has 0 radical (unpaired) electrons. The lowest BCUT2D eigenvalue weighted by Gasteiger charge is -2.15. The maximum absolute atomic E-state index is 12.7. The lowest BCUT2D eigenvalue weighted by atomic mass is 9.96. The van der Waals surface area contributed by atoms with Crippen molar-refractivity contribution in [1.82, 2.24) is 10.3 Å². The Morgan fingerprint density at radius 3 is 2.65 bits per heavy atom. The Hall–Kier alpha value is -4.06. The number of aryl methyl sites for hydroxylation is 1. The molecule has 174 valence electrons. The molecular weight excluding hydrogens is 428 g/mol. The standard InChI is InChI=1S/C28H28N2O4/c1-5-33-27-19(3)28-23(24(17-34-28)21-8-6-7-9-25(21)32-4)15-22(27)18(2)14-26(31)30-16-20-10-12-29-13-11-20/h6-15,17H,5,16H2,1-4H3,(H,30,31)/b18-14+. The van der Waals surface area contributed by atoms with Gasteiger partial charge >= 0.3 is 0 Å². The molecule has 2 aromatic carbocycles. The van der Waals surface area contributed by atoms with Crippen molar-refractivity contribution >= 4 is 22.4 Å². The Morgan fingerprint density at radius 1 is 1.15 bits per heavy atom. The number of nitrogens with one attached hydrogen (secondary N) is 1. The third-order valence-electron chi connectivity index (χ3n) is 5.72. The molecule has 0 aliphatic heterocycles. The molecule has 0 bridgehead atoms. The number of pyridine rings is 1. The minimum atomic E-state index is -0.174. The Labute approximate surface area is 199 Å². The van der Waals surface area contributed by atoms with Gasteiger partial charge in [0.25, 0.3) is 0 Å². The van der Waals surface area contributed by atoms with Gasteiger partial charge in [0.1, 0.15) is 17.1 Å². The van der Waals surface area contributed by atoms with Crippen molar-refractivity contribution in [3.63, 3.8) is 0 Å². The summed E-state index contributed by atoms with van der Waals surface area (Å²) >= 11 is 0. The fourth-order valence-electron chi connectivity index (χ4n) is 4.03. The summed E-state index contributed by atoms with van der Waals surface area (Å²) in [5.74, 6) is 1.30. The number of ether oxygens (including phenoxy) is 2. The van der Waals surface area contributed by atoms with Crippen LogP contribution in [0.1, 0.15) is 30.5 Å². The molecule has 6 heteroatoms. The van der Waals surface area contributed by atoms with Crippen LogP contribution in [0, 0.1) is 6.92 Å². The van der Waals surface area contributed by atoms with Gasteiger partial charge in [-0.05, 0) is 56.2 Å². The Morgan fingerprint density at radius 2 is 1.91 bits per heavy atom. The number of rotatable bonds is 8. The van der Waals surface area contributed by atoms with Crippen LogP contribution < -0.4 is 14.8 Å². The van der Waals surface area contributed by atoms with Crippen molar-refractivity contribution in [1.29, 1.82) is 0 Å². The molecule has 0 saturated carbocycles. The number of carbonyl (C=O) groups is 1. The predicted molar refractivity (Wildman–Crippen MR) is 134 cm³/mol. The summed E-state index contributed by atoms with van der Waals surface area (Å²) in [6.45, 7) is 6.76. The first-order valence-corrected chi connectivity index (χ1v) is 11.2. The van der Waals surface area contributed by atoms with Gasteiger partial charge in [-0.3, -0.25) is 9.78 Å². The summed E-state index contributed by atoms with van der Waals surface area (Å²) in [5, 5.41) is 3.87. The fraction of sp³-hybridized carbons (Fsp3) is 0.214. The molecule has 1 amide bonds. The number of amides is 1. The number of furan rings is 1. The number of benzene rings is 2. The van der Waals surface area contributed by atoms with E-state index in [1.165, 1.54) is 0 Å². The topological polar surface area (TPSA) is 73.6 Å². The fourth-order valence-corrected chi connectivity index (χ4v) is 4.03. The highest BCUT2D eigenvalue weighted by Crippen LogP contribution is 2.42. The zero-order chi connectivity index (χ0) is 24.1. The summed E-state index contributed by atoms with van der Waals surface area (Å²) in [7, 11) is 1.66. The monoisotopic (exact) mass is 456 g/mol. The van der Waals surface area contributed by atoms with E-state index in [1.54, 1.807) is 31.8 Å². The molecule has 0 aliphatic carbocycles. The largest absolute Gasteiger partial charge is 0.496 e. The molecule has 0 fully saturated rings. The first-order chi connectivity index (χ1) is 16.5. The second-order valence-electron chi connectivity index (χ2n) is 7.94. The van der Waals surface area contributed by atoms with Gasteiger partial charge < -0.3 is 19.2 Å². The van der Waals surface area contributed by atoms with Crippen LogP contribution >= 0.6 is 0 Å². The van der Waals surface area contributed by atoms with E-state index in [0.717, 1.165) is 50.1 Å². The average molecular weight is 457 g/mol. The first-order valence-electron chi connectivity index (χ1n) is 11.2. The molecule has 2 aromatic heterocycles.